The normalized spacial score (nSPS) is 12.3. The molecule has 0 radical (unpaired) electrons. The van der Waals surface area contributed by atoms with Crippen molar-refractivity contribution in [3.05, 3.63) is 108 Å². The number of aryl methyl sites for hydroxylation is 2. The highest BCUT2D eigenvalue weighted by atomic mass is 16.1. The summed E-state index contributed by atoms with van der Waals surface area (Å²) in [7, 11) is 0. The standard InChI is InChI=1S/C23H26N4O/c1-4-8-19(21(24)9-5-2)11-7-6-10-18-12-14-20(15-13-18)27-17(3)16-22(26-27)23(25)28/h4-5,7-9,11-16H,1-2,6,10,24H2,3H3,(H2,25,28)/b11-7-,19-8+,21-9-. The van der Waals surface area contributed by atoms with Crippen molar-refractivity contribution in [3.63, 3.8) is 0 Å². The van der Waals surface area contributed by atoms with Gasteiger partial charge < -0.3 is 11.5 Å². The number of rotatable bonds is 9. The summed E-state index contributed by atoms with van der Waals surface area (Å²) < 4.78 is 1.71. The van der Waals surface area contributed by atoms with Crippen LogP contribution in [0.4, 0.5) is 0 Å². The van der Waals surface area contributed by atoms with Gasteiger partial charge in [0.05, 0.1) is 5.69 Å². The lowest BCUT2D eigenvalue weighted by molar-refractivity contribution is 0.0995. The van der Waals surface area contributed by atoms with Crippen LogP contribution in [0, 0.1) is 6.92 Å². The van der Waals surface area contributed by atoms with E-state index < -0.39 is 5.91 Å². The minimum absolute atomic E-state index is 0.264. The summed E-state index contributed by atoms with van der Waals surface area (Å²) in [5.74, 6) is -0.529. The zero-order chi connectivity index (χ0) is 20.5. The quantitative estimate of drug-likeness (QED) is 0.652. The molecule has 0 aliphatic rings. The second-order valence-electron chi connectivity index (χ2n) is 6.27. The molecule has 144 valence electrons. The van der Waals surface area contributed by atoms with Crippen LogP contribution in [0.3, 0.4) is 0 Å². The highest BCUT2D eigenvalue weighted by Crippen LogP contribution is 2.15. The summed E-state index contributed by atoms with van der Waals surface area (Å²) in [6.07, 6.45) is 12.9. The van der Waals surface area contributed by atoms with Crippen LogP contribution in [0.2, 0.25) is 0 Å². The molecule has 0 aliphatic heterocycles. The van der Waals surface area contributed by atoms with E-state index in [1.54, 1.807) is 29.0 Å². The summed E-state index contributed by atoms with van der Waals surface area (Å²) in [5.41, 5.74) is 16.1. The Morgan fingerprint density at radius 2 is 1.82 bits per heavy atom. The molecule has 0 bridgehead atoms. The summed E-state index contributed by atoms with van der Waals surface area (Å²) in [6.45, 7) is 9.27. The van der Waals surface area contributed by atoms with Gasteiger partial charge in [-0.05, 0) is 55.2 Å². The van der Waals surface area contributed by atoms with Crippen LogP contribution in [0.5, 0.6) is 0 Å². The first-order valence-corrected chi connectivity index (χ1v) is 9.00. The molecule has 0 saturated carbocycles. The molecule has 1 amide bonds. The fourth-order valence-electron chi connectivity index (χ4n) is 2.72. The van der Waals surface area contributed by atoms with Crippen LogP contribution in [0.15, 0.2) is 91.2 Å². The Labute approximate surface area is 166 Å². The van der Waals surface area contributed by atoms with Crippen LogP contribution >= 0.6 is 0 Å². The van der Waals surface area contributed by atoms with Crippen molar-refractivity contribution in [2.45, 2.75) is 19.8 Å². The average Bonchev–Trinajstić information content (AvgIpc) is 3.07. The van der Waals surface area contributed by atoms with Crippen molar-refractivity contribution in [2.24, 2.45) is 11.5 Å². The van der Waals surface area contributed by atoms with E-state index in [2.05, 4.69) is 36.5 Å². The van der Waals surface area contributed by atoms with Gasteiger partial charge in [-0.15, -0.1) is 0 Å². The van der Waals surface area contributed by atoms with E-state index in [0.717, 1.165) is 29.8 Å². The van der Waals surface area contributed by atoms with E-state index in [-0.39, 0.29) is 5.69 Å². The predicted octanol–water partition coefficient (Wildman–Crippen LogP) is 3.91. The van der Waals surface area contributed by atoms with Crippen molar-refractivity contribution in [1.82, 2.24) is 9.78 Å². The molecule has 1 heterocycles. The van der Waals surface area contributed by atoms with Crippen LogP contribution in [-0.4, -0.2) is 15.7 Å². The Kier molecular flexibility index (Phi) is 7.34. The number of amides is 1. The maximum absolute atomic E-state index is 11.3. The molecule has 0 atom stereocenters. The summed E-state index contributed by atoms with van der Waals surface area (Å²) in [5, 5.41) is 4.25. The number of allylic oxidation sites excluding steroid dienone is 6. The molecule has 1 aromatic heterocycles. The van der Waals surface area contributed by atoms with Gasteiger partial charge in [0.15, 0.2) is 5.69 Å². The highest BCUT2D eigenvalue weighted by molar-refractivity contribution is 5.90. The first-order chi connectivity index (χ1) is 13.5. The Bertz CT molecular complexity index is 943. The zero-order valence-corrected chi connectivity index (χ0v) is 16.1. The first-order valence-electron chi connectivity index (χ1n) is 9.00. The van der Waals surface area contributed by atoms with Crippen LogP contribution in [-0.2, 0) is 6.42 Å². The lowest BCUT2D eigenvalue weighted by Gasteiger charge is -2.06. The molecule has 5 heteroatoms. The molecule has 0 fully saturated rings. The second-order valence-corrected chi connectivity index (χ2v) is 6.27. The molecule has 2 rings (SSSR count). The number of nitrogens with two attached hydrogens (primary N) is 2. The van der Waals surface area contributed by atoms with E-state index in [0.29, 0.717) is 5.70 Å². The van der Waals surface area contributed by atoms with Crippen molar-refractivity contribution in [2.75, 3.05) is 0 Å². The lowest BCUT2D eigenvalue weighted by Crippen LogP contribution is -2.12. The zero-order valence-electron chi connectivity index (χ0n) is 16.1. The number of hydrogen-bond acceptors (Lipinski definition) is 3. The number of benzene rings is 1. The largest absolute Gasteiger partial charge is 0.398 e. The number of hydrogen-bond donors (Lipinski definition) is 2. The second kappa shape index (κ2) is 9.92. The molecule has 4 N–H and O–H groups in total. The number of primary amides is 1. The fourth-order valence-corrected chi connectivity index (χ4v) is 2.72. The van der Waals surface area contributed by atoms with Gasteiger partial charge in [0.1, 0.15) is 0 Å². The smallest absolute Gasteiger partial charge is 0.269 e. The number of nitrogens with zero attached hydrogens (tertiary/aromatic N) is 2. The van der Waals surface area contributed by atoms with Gasteiger partial charge >= 0.3 is 0 Å². The number of carbonyl (C=O) groups excluding carboxylic acids is 1. The van der Waals surface area contributed by atoms with Crippen molar-refractivity contribution in [1.29, 1.82) is 0 Å². The molecule has 5 nitrogen and oxygen atoms in total. The monoisotopic (exact) mass is 374 g/mol. The maximum atomic E-state index is 11.3. The van der Waals surface area contributed by atoms with Gasteiger partial charge in [-0.25, -0.2) is 4.68 Å². The topological polar surface area (TPSA) is 86.9 Å². The lowest BCUT2D eigenvalue weighted by atomic mass is 10.1. The van der Waals surface area contributed by atoms with Gasteiger partial charge in [0, 0.05) is 11.4 Å². The minimum Gasteiger partial charge on any atom is -0.398 e. The number of aromatic nitrogens is 2. The van der Waals surface area contributed by atoms with Crippen LogP contribution in [0.25, 0.3) is 5.69 Å². The van der Waals surface area contributed by atoms with Gasteiger partial charge in [0.25, 0.3) is 5.91 Å². The van der Waals surface area contributed by atoms with Gasteiger partial charge in [-0.3, -0.25) is 4.79 Å². The molecule has 1 aromatic carbocycles. The van der Waals surface area contributed by atoms with Gasteiger partial charge in [0.2, 0.25) is 0 Å². The van der Waals surface area contributed by atoms with E-state index in [1.807, 2.05) is 31.2 Å². The maximum Gasteiger partial charge on any atom is 0.269 e. The minimum atomic E-state index is -0.529. The van der Waals surface area contributed by atoms with Crippen LogP contribution < -0.4 is 11.5 Å². The summed E-state index contributed by atoms with van der Waals surface area (Å²) in [6, 6.07) is 9.76. The van der Waals surface area contributed by atoms with Crippen molar-refractivity contribution >= 4 is 5.91 Å². The predicted molar refractivity (Wildman–Crippen MR) is 115 cm³/mol. The van der Waals surface area contributed by atoms with Gasteiger partial charge in [-0.1, -0.05) is 55.7 Å². The molecule has 0 unspecified atom stereocenters. The SMILES string of the molecule is C=C/C=C(N)/C(/C=C\CCc1ccc(-n2nc(C(N)=O)cc2C)cc1)=C/C=C. The average molecular weight is 374 g/mol. The molecule has 0 aliphatic carbocycles. The van der Waals surface area contributed by atoms with Crippen molar-refractivity contribution < 1.29 is 4.79 Å². The molecular weight excluding hydrogens is 348 g/mol. The Balaban J connectivity index is 2.02. The molecular formula is C23H26N4O. The molecule has 0 saturated heterocycles. The fraction of sp³-hybridized carbons (Fsp3) is 0.130. The van der Waals surface area contributed by atoms with E-state index in [4.69, 9.17) is 11.5 Å². The van der Waals surface area contributed by atoms with E-state index in [1.165, 1.54) is 5.56 Å². The summed E-state index contributed by atoms with van der Waals surface area (Å²) >= 11 is 0. The Morgan fingerprint density at radius 3 is 2.39 bits per heavy atom. The number of carbonyl (C=O) groups is 1. The Morgan fingerprint density at radius 1 is 1.14 bits per heavy atom. The van der Waals surface area contributed by atoms with Crippen LogP contribution in [0.1, 0.15) is 28.2 Å². The molecule has 2 aromatic rings. The van der Waals surface area contributed by atoms with E-state index >= 15 is 0 Å². The van der Waals surface area contributed by atoms with E-state index in [9.17, 15) is 4.79 Å². The third kappa shape index (κ3) is 5.45. The highest BCUT2D eigenvalue weighted by Gasteiger charge is 2.10. The third-order valence-corrected chi connectivity index (χ3v) is 4.15. The summed E-state index contributed by atoms with van der Waals surface area (Å²) in [4.78, 5) is 11.3. The first kappa shape index (κ1) is 20.7. The van der Waals surface area contributed by atoms with Gasteiger partial charge in [-0.2, -0.15) is 5.10 Å². The Hall–Kier alpha value is -3.60. The van der Waals surface area contributed by atoms with Crippen molar-refractivity contribution in [3.8, 4) is 5.69 Å². The molecule has 0 spiro atoms. The molecule has 28 heavy (non-hydrogen) atoms. The third-order valence-electron chi connectivity index (χ3n) is 4.15.